The van der Waals surface area contributed by atoms with Crippen LogP contribution < -0.4 is 0 Å². The number of hydrogen-bond donors (Lipinski definition) is 1. The fourth-order valence-corrected chi connectivity index (χ4v) is 2.87. The van der Waals surface area contributed by atoms with Crippen molar-refractivity contribution in [1.82, 2.24) is 14.8 Å². The maximum absolute atomic E-state index is 10.9. The van der Waals surface area contributed by atoms with Crippen LogP contribution in [0.25, 0.3) is 0 Å². The van der Waals surface area contributed by atoms with Crippen molar-refractivity contribution in [2.24, 2.45) is 11.8 Å². The van der Waals surface area contributed by atoms with Gasteiger partial charge in [0.1, 0.15) is 12.2 Å². The minimum Gasteiger partial charge on any atom is -0.389 e. The van der Waals surface area contributed by atoms with Gasteiger partial charge in [-0.3, -0.25) is 4.68 Å². The van der Waals surface area contributed by atoms with E-state index in [4.69, 9.17) is 0 Å². The summed E-state index contributed by atoms with van der Waals surface area (Å²) in [5.74, 6) is 1.86. The summed E-state index contributed by atoms with van der Waals surface area (Å²) in [6.07, 6.45) is 4.84. The van der Waals surface area contributed by atoms with Crippen LogP contribution in [0, 0.1) is 11.8 Å². The third kappa shape index (κ3) is 5.31. The van der Waals surface area contributed by atoms with Crippen LogP contribution in [0.5, 0.6) is 0 Å². The first-order chi connectivity index (χ1) is 8.86. The molecular weight excluding hydrogens is 238 g/mol. The quantitative estimate of drug-likeness (QED) is 0.787. The summed E-state index contributed by atoms with van der Waals surface area (Å²) in [6, 6.07) is 0. The number of aryl methyl sites for hydroxylation is 1. The largest absolute Gasteiger partial charge is 0.389 e. The molecule has 4 nitrogen and oxygen atoms in total. The molecule has 4 heteroatoms. The van der Waals surface area contributed by atoms with Crippen LogP contribution in [0.2, 0.25) is 0 Å². The molecule has 1 aromatic rings. The molecule has 0 aliphatic rings. The molecule has 0 bridgehead atoms. The second-order valence-corrected chi connectivity index (χ2v) is 6.50. The number of aromatic nitrogens is 3. The lowest BCUT2D eigenvalue weighted by Gasteiger charge is -2.31. The molecule has 0 aliphatic carbocycles. The molecule has 0 aromatic carbocycles. The number of hydrogen-bond acceptors (Lipinski definition) is 3. The molecule has 1 rings (SSSR count). The van der Waals surface area contributed by atoms with E-state index >= 15 is 0 Å². The third-order valence-electron chi connectivity index (χ3n) is 3.19. The highest BCUT2D eigenvalue weighted by atomic mass is 16.3. The van der Waals surface area contributed by atoms with Crippen LogP contribution in [0.3, 0.4) is 0 Å². The maximum Gasteiger partial charge on any atom is 0.138 e. The van der Waals surface area contributed by atoms with E-state index in [-0.39, 0.29) is 0 Å². The van der Waals surface area contributed by atoms with Gasteiger partial charge in [0.2, 0.25) is 0 Å². The first-order valence-electron chi connectivity index (χ1n) is 7.45. The normalized spacial score (nSPS) is 12.6. The SMILES string of the molecule is CCCn1ncnc1CC(O)(CC(C)C)CC(C)C. The highest BCUT2D eigenvalue weighted by Crippen LogP contribution is 2.28. The summed E-state index contributed by atoms with van der Waals surface area (Å²) >= 11 is 0. The van der Waals surface area contributed by atoms with Crippen molar-refractivity contribution in [2.75, 3.05) is 0 Å². The minimum absolute atomic E-state index is 0.478. The van der Waals surface area contributed by atoms with Gasteiger partial charge in [-0.25, -0.2) is 4.98 Å². The Labute approximate surface area is 117 Å². The molecule has 0 unspecified atom stereocenters. The maximum atomic E-state index is 10.9. The average molecular weight is 267 g/mol. The van der Waals surface area contributed by atoms with Crippen molar-refractivity contribution in [3.05, 3.63) is 12.2 Å². The molecular formula is C15H29N3O. The van der Waals surface area contributed by atoms with Crippen LogP contribution >= 0.6 is 0 Å². The zero-order valence-electron chi connectivity index (χ0n) is 13.1. The zero-order valence-corrected chi connectivity index (χ0v) is 13.1. The molecule has 0 spiro atoms. The molecule has 0 fully saturated rings. The fourth-order valence-electron chi connectivity index (χ4n) is 2.87. The van der Waals surface area contributed by atoms with Gasteiger partial charge in [0.05, 0.1) is 5.60 Å². The van der Waals surface area contributed by atoms with Gasteiger partial charge in [-0.15, -0.1) is 0 Å². The van der Waals surface area contributed by atoms with E-state index in [1.807, 2.05) is 4.68 Å². The second kappa shape index (κ2) is 7.04. The molecule has 1 aromatic heterocycles. The Balaban J connectivity index is 2.83. The van der Waals surface area contributed by atoms with E-state index in [9.17, 15) is 5.11 Å². The van der Waals surface area contributed by atoms with Crippen LogP contribution in [0.1, 0.15) is 59.7 Å². The smallest absolute Gasteiger partial charge is 0.138 e. The first-order valence-corrected chi connectivity index (χ1v) is 7.45. The lowest BCUT2D eigenvalue weighted by Crippen LogP contribution is -2.36. The summed E-state index contributed by atoms with van der Waals surface area (Å²) in [5.41, 5.74) is -0.666. The molecule has 1 N–H and O–H groups in total. The molecule has 0 amide bonds. The van der Waals surface area contributed by atoms with Crippen molar-refractivity contribution >= 4 is 0 Å². The standard InChI is InChI=1S/C15H29N3O/c1-6-7-18-14(16-11-17-18)10-15(19,8-12(2)3)9-13(4)5/h11-13,19H,6-10H2,1-5H3. The Bertz CT molecular complexity index is 361. The Hall–Kier alpha value is -0.900. The Morgan fingerprint density at radius 3 is 2.26 bits per heavy atom. The lowest BCUT2D eigenvalue weighted by molar-refractivity contribution is -0.00183. The number of nitrogens with zero attached hydrogens (tertiary/aromatic N) is 3. The van der Waals surface area contributed by atoms with Gasteiger partial charge in [-0.1, -0.05) is 34.6 Å². The molecule has 0 saturated heterocycles. The number of rotatable bonds is 8. The molecule has 19 heavy (non-hydrogen) atoms. The zero-order chi connectivity index (χ0) is 14.5. The van der Waals surface area contributed by atoms with Gasteiger partial charge < -0.3 is 5.11 Å². The lowest BCUT2D eigenvalue weighted by atomic mass is 9.82. The predicted octanol–water partition coefficient (Wildman–Crippen LogP) is 3.05. The van der Waals surface area contributed by atoms with Gasteiger partial charge in [0, 0.05) is 13.0 Å². The van der Waals surface area contributed by atoms with Gasteiger partial charge in [0.15, 0.2) is 0 Å². The Morgan fingerprint density at radius 1 is 1.21 bits per heavy atom. The second-order valence-electron chi connectivity index (χ2n) is 6.50. The minimum atomic E-state index is -0.666. The monoisotopic (exact) mass is 267 g/mol. The van der Waals surface area contributed by atoms with Crippen molar-refractivity contribution in [3.63, 3.8) is 0 Å². The van der Waals surface area contributed by atoms with E-state index in [2.05, 4.69) is 44.7 Å². The molecule has 0 radical (unpaired) electrons. The van der Waals surface area contributed by atoms with Crippen molar-refractivity contribution in [1.29, 1.82) is 0 Å². The average Bonchev–Trinajstić information content (AvgIpc) is 2.62. The van der Waals surface area contributed by atoms with Crippen LogP contribution in [-0.4, -0.2) is 25.5 Å². The molecule has 0 aliphatic heterocycles. The van der Waals surface area contributed by atoms with Crippen LogP contribution in [0.4, 0.5) is 0 Å². The Kier molecular flexibility index (Phi) is 5.98. The summed E-state index contributed by atoms with van der Waals surface area (Å²) in [7, 11) is 0. The van der Waals surface area contributed by atoms with E-state index < -0.39 is 5.60 Å². The van der Waals surface area contributed by atoms with E-state index in [1.54, 1.807) is 6.33 Å². The van der Waals surface area contributed by atoms with Gasteiger partial charge in [0.25, 0.3) is 0 Å². The summed E-state index contributed by atoms with van der Waals surface area (Å²) in [5, 5.41) is 15.2. The van der Waals surface area contributed by atoms with E-state index in [1.165, 1.54) is 0 Å². The molecule has 0 saturated carbocycles. The van der Waals surface area contributed by atoms with E-state index in [0.717, 1.165) is 31.6 Å². The van der Waals surface area contributed by atoms with Gasteiger partial charge >= 0.3 is 0 Å². The van der Waals surface area contributed by atoms with Crippen molar-refractivity contribution < 1.29 is 5.11 Å². The Morgan fingerprint density at radius 2 is 1.79 bits per heavy atom. The van der Waals surface area contributed by atoms with Crippen molar-refractivity contribution in [3.8, 4) is 0 Å². The van der Waals surface area contributed by atoms with E-state index in [0.29, 0.717) is 18.3 Å². The fraction of sp³-hybridized carbons (Fsp3) is 0.867. The van der Waals surface area contributed by atoms with Crippen LogP contribution in [-0.2, 0) is 13.0 Å². The first kappa shape index (κ1) is 16.2. The number of aliphatic hydroxyl groups is 1. The predicted molar refractivity (Wildman–Crippen MR) is 77.9 cm³/mol. The van der Waals surface area contributed by atoms with Crippen molar-refractivity contribution in [2.45, 2.75) is 72.4 Å². The highest BCUT2D eigenvalue weighted by molar-refractivity contribution is 4.95. The summed E-state index contributed by atoms with van der Waals surface area (Å²) < 4.78 is 1.92. The highest BCUT2D eigenvalue weighted by Gasteiger charge is 2.31. The molecule has 0 atom stereocenters. The van der Waals surface area contributed by atoms with Crippen LogP contribution in [0.15, 0.2) is 6.33 Å². The molecule has 110 valence electrons. The summed E-state index contributed by atoms with van der Waals surface area (Å²) in [4.78, 5) is 4.33. The summed E-state index contributed by atoms with van der Waals surface area (Å²) in [6.45, 7) is 11.6. The topological polar surface area (TPSA) is 50.9 Å². The van der Waals surface area contributed by atoms with Gasteiger partial charge in [-0.2, -0.15) is 5.10 Å². The molecule has 1 heterocycles. The van der Waals surface area contributed by atoms with Gasteiger partial charge in [-0.05, 0) is 31.1 Å². The third-order valence-corrected chi connectivity index (χ3v) is 3.19.